The van der Waals surface area contributed by atoms with Crippen LogP contribution >= 0.6 is 0 Å². The molecule has 0 fully saturated rings. The van der Waals surface area contributed by atoms with Crippen molar-refractivity contribution in [2.45, 2.75) is 6.92 Å². The number of hydrogen-bond donors (Lipinski definition) is 1. The third-order valence-electron chi connectivity index (χ3n) is 3.06. The van der Waals surface area contributed by atoms with Gasteiger partial charge < -0.3 is 5.32 Å². The number of anilines is 1. The molecule has 2 heterocycles. The molecule has 0 aliphatic heterocycles. The highest BCUT2D eigenvalue weighted by atomic mass is 19.1. The van der Waals surface area contributed by atoms with E-state index in [-0.39, 0.29) is 11.7 Å². The van der Waals surface area contributed by atoms with E-state index in [1.165, 1.54) is 16.9 Å². The zero-order valence-electron chi connectivity index (χ0n) is 11.8. The van der Waals surface area contributed by atoms with Crippen LogP contribution in [0.15, 0.2) is 54.9 Å². The Balaban J connectivity index is 1.80. The van der Waals surface area contributed by atoms with Gasteiger partial charge in [0, 0.05) is 5.69 Å². The predicted octanol–water partition coefficient (Wildman–Crippen LogP) is 2.97. The molecule has 110 valence electrons. The van der Waals surface area contributed by atoms with Gasteiger partial charge in [-0.3, -0.25) is 4.79 Å². The summed E-state index contributed by atoms with van der Waals surface area (Å²) in [5.41, 5.74) is 1.86. The molecule has 0 unspecified atom stereocenters. The van der Waals surface area contributed by atoms with Crippen molar-refractivity contribution in [2.75, 3.05) is 5.32 Å². The molecule has 1 amide bonds. The van der Waals surface area contributed by atoms with Gasteiger partial charge in [0.15, 0.2) is 0 Å². The van der Waals surface area contributed by atoms with Crippen LogP contribution in [0.2, 0.25) is 0 Å². The number of para-hydroxylation sites is 1. The van der Waals surface area contributed by atoms with Crippen molar-refractivity contribution >= 4 is 11.6 Å². The number of amides is 1. The van der Waals surface area contributed by atoms with Crippen molar-refractivity contribution < 1.29 is 9.18 Å². The van der Waals surface area contributed by atoms with E-state index in [4.69, 9.17) is 0 Å². The molecule has 0 aliphatic rings. The molecule has 0 spiro atoms. The molecule has 3 aromatic rings. The first-order valence-corrected chi connectivity index (χ1v) is 6.68. The lowest BCUT2D eigenvalue weighted by Crippen LogP contribution is -2.13. The Morgan fingerprint density at radius 3 is 2.77 bits per heavy atom. The number of pyridine rings is 1. The molecule has 1 aromatic carbocycles. The van der Waals surface area contributed by atoms with E-state index in [1.807, 2.05) is 13.0 Å². The molecule has 2 aromatic heterocycles. The number of aryl methyl sites for hydroxylation is 1. The number of benzene rings is 1. The minimum Gasteiger partial charge on any atom is -0.318 e. The van der Waals surface area contributed by atoms with Gasteiger partial charge >= 0.3 is 0 Å². The van der Waals surface area contributed by atoms with Gasteiger partial charge in [-0.25, -0.2) is 14.1 Å². The summed E-state index contributed by atoms with van der Waals surface area (Å²) in [5.74, 6) is -0.722. The van der Waals surface area contributed by atoms with Gasteiger partial charge in [-0.2, -0.15) is 5.10 Å². The number of nitrogens with zero attached hydrogens (tertiary/aromatic N) is 3. The van der Waals surface area contributed by atoms with E-state index in [1.54, 1.807) is 36.5 Å². The van der Waals surface area contributed by atoms with Crippen LogP contribution in [0.1, 0.15) is 16.2 Å². The molecule has 3 rings (SSSR count). The Morgan fingerprint density at radius 2 is 2.00 bits per heavy atom. The van der Waals surface area contributed by atoms with Crippen molar-refractivity contribution in [2.24, 2.45) is 0 Å². The van der Waals surface area contributed by atoms with E-state index >= 15 is 0 Å². The predicted molar refractivity (Wildman–Crippen MR) is 80.4 cm³/mol. The summed E-state index contributed by atoms with van der Waals surface area (Å²) in [7, 11) is 0. The SMILES string of the molecule is Cc1cccc(C(=O)Nc2cnn(-c3ccccc3F)c2)n1. The molecule has 0 aliphatic carbocycles. The van der Waals surface area contributed by atoms with E-state index in [0.29, 0.717) is 17.1 Å². The lowest BCUT2D eigenvalue weighted by molar-refractivity contribution is 0.102. The first-order chi connectivity index (χ1) is 10.6. The second-order valence-corrected chi connectivity index (χ2v) is 4.74. The van der Waals surface area contributed by atoms with Crippen LogP contribution in [-0.2, 0) is 0 Å². The fourth-order valence-electron chi connectivity index (χ4n) is 2.02. The number of hydrogen-bond acceptors (Lipinski definition) is 3. The van der Waals surface area contributed by atoms with Crippen molar-refractivity contribution in [1.29, 1.82) is 0 Å². The van der Waals surface area contributed by atoms with Crippen molar-refractivity contribution in [3.8, 4) is 5.69 Å². The molecular formula is C16H13FN4O. The van der Waals surface area contributed by atoms with E-state index in [2.05, 4.69) is 15.4 Å². The molecule has 6 heteroatoms. The molecule has 0 bridgehead atoms. The van der Waals surface area contributed by atoms with Crippen molar-refractivity contribution in [3.63, 3.8) is 0 Å². The van der Waals surface area contributed by atoms with Gasteiger partial charge in [-0.15, -0.1) is 0 Å². The highest BCUT2D eigenvalue weighted by molar-refractivity contribution is 6.02. The normalized spacial score (nSPS) is 10.5. The Bertz CT molecular complexity index is 828. The summed E-state index contributed by atoms with van der Waals surface area (Å²) >= 11 is 0. The third-order valence-corrected chi connectivity index (χ3v) is 3.06. The van der Waals surface area contributed by atoms with Crippen LogP contribution in [-0.4, -0.2) is 20.7 Å². The lowest BCUT2D eigenvalue weighted by Gasteiger charge is -2.03. The topological polar surface area (TPSA) is 59.8 Å². The minimum absolute atomic E-state index is 0.316. The Hall–Kier alpha value is -3.02. The number of carbonyl (C=O) groups excluding carboxylic acids is 1. The maximum atomic E-state index is 13.7. The zero-order chi connectivity index (χ0) is 15.5. The highest BCUT2D eigenvalue weighted by Crippen LogP contribution is 2.15. The average molecular weight is 296 g/mol. The first-order valence-electron chi connectivity index (χ1n) is 6.68. The molecule has 5 nitrogen and oxygen atoms in total. The summed E-state index contributed by atoms with van der Waals surface area (Å²) in [4.78, 5) is 16.2. The highest BCUT2D eigenvalue weighted by Gasteiger charge is 2.10. The Morgan fingerprint density at radius 1 is 1.18 bits per heavy atom. The molecule has 0 radical (unpaired) electrons. The number of halogens is 1. The summed E-state index contributed by atoms with van der Waals surface area (Å²) < 4.78 is 15.1. The smallest absolute Gasteiger partial charge is 0.274 e. The second kappa shape index (κ2) is 5.77. The molecule has 0 saturated heterocycles. The summed E-state index contributed by atoms with van der Waals surface area (Å²) in [5, 5.41) is 6.74. The number of carbonyl (C=O) groups is 1. The molecule has 1 N–H and O–H groups in total. The fourth-order valence-corrected chi connectivity index (χ4v) is 2.02. The molecular weight excluding hydrogens is 283 g/mol. The third kappa shape index (κ3) is 2.85. The standard InChI is InChI=1S/C16H13FN4O/c1-11-5-4-7-14(19-11)16(22)20-12-9-18-21(10-12)15-8-3-2-6-13(15)17/h2-10H,1H3,(H,20,22). The van der Waals surface area contributed by atoms with Crippen LogP contribution < -0.4 is 5.32 Å². The van der Waals surface area contributed by atoms with E-state index < -0.39 is 0 Å². The largest absolute Gasteiger partial charge is 0.318 e. The summed E-state index contributed by atoms with van der Waals surface area (Å²) in [6, 6.07) is 11.5. The summed E-state index contributed by atoms with van der Waals surface area (Å²) in [6.07, 6.45) is 3.01. The van der Waals surface area contributed by atoms with Gasteiger partial charge in [0.25, 0.3) is 5.91 Å². The van der Waals surface area contributed by atoms with E-state index in [0.717, 1.165) is 5.69 Å². The average Bonchev–Trinajstić information content (AvgIpc) is 2.96. The maximum absolute atomic E-state index is 13.7. The Kier molecular flexibility index (Phi) is 3.65. The van der Waals surface area contributed by atoms with Crippen LogP contribution in [0.4, 0.5) is 10.1 Å². The minimum atomic E-state index is -0.385. The number of rotatable bonds is 3. The molecule has 0 atom stereocenters. The summed E-state index contributed by atoms with van der Waals surface area (Å²) in [6.45, 7) is 1.81. The van der Waals surface area contributed by atoms with Crippen molar-refractivity contribution in [3.05, 3.63) is 72.1 Å². The van der Waals surface area contributed by atoms with Gasteiger partial charge in [0.1, 0.15) is 17.2 Å². The fraction of sp³-hybridized carbons (Fsp3) is 0.0625. The maximum Gasteiger partial charge on any atom is 0.274 e. The van der Waals surface area contributed by atoms with Gasteiger partial charge in [-0.05, 0) is 31.2 Å². The van der Waals surface area contributed by atoms with Crippen LogP contribution in [0, 0.1) is 12.7 Å². The van der Waals surface area contributed by atoms with Crippen LogP contribution in [0.25, 0.3) is 5.69 Å². The number of nitrogens with one attached hydrogen (secondary N) is 1. The first kappa shape index (κ1) is 13.9. The Labute approximate surface area is 126 Å². The van der Waals surface area contributed by atoms with Crippen LogP contribution in [0.5, 0.6) is 0 Å². The monoisotopic (exact) mass is 296 g/mol. The second-order valence-electron chi connectivity index (χ2n) is 4.74. The number of aromatic nitrogens is 3. The van der Waals surface area contributed by atoms with Gasteiger partial charge in [0.05, 0.1) is 18.1 Å². The quantitative estimate of drug-likeness (QED) is 0.808. The zero-order valence-corrected chi connectivity index (χ0v) is 11.8. The molecule has 22 heavy (non-hydrogen) atoms. The van der Waals surface area contributed by atoms with Crippen LogP contribution in [0.3, 0.4) is 0 Å². The van der Waals surface area contributed by atoms with Gasteiger partial charge in [0.2, 0.25) is 0 Å². The van der Waals surface area contributed by atoms with Gasteiger partial charge in [-0.1, -0.05) is 18.2 Å². The molecule has 0 saturated carbocycles. The lowest BCUT2D eigenvalue weighted by atomic mass is 10.3. The van der Waals surface area contributed by atoms with E-state index in [9.17, 15) is 9.18 Å². The van der Waals surface area contributed by atoms with Crippen molar-refractivity contribution in [1.82, 2.24) is 14.8 Å².